The van der Waals surface area contributed by atoms with E-state index in [4.69, 9.17) is 23.2 Å². The summed E-state index contributed by atoms with van der Waals surface area (Å²) in [7, 11) is 0. The lowest BCUT2D eigenvalue weighted by molar-refractivity contribution is -0.153. The number of carboxylic acid groups (broad SMARTS) is 1. The first-order valence-corrected chi connectivity index (χ1v) is 8.99. The van der Waals surface area contributed by atoms with Crippen molar-refractivity contribution in [3.8, 4) is 0 Å². The number of hydrogen-bond acceptors (Lipinski definition) is 4. The van der Waals surface area contributed by atoms with Crippen molar-refractivity contribution in [3.63, 3.8) is 0 Å². The van der Waals surface area contributed by atoms with E-state index in [2.05, 4.69) is 10.2 Å². The van der Waals surface area contributed by atoms with Crippen LogP contribution in [0.5, 0.6) is 0 Å². The maximum atomic E-state index is 13.0. The van der Waals surface area contributed by atoms with Crippen LogP contribution in [0.15, 0.2) is 18.2 Å². The summed E-state index contributed by atoms with van der Waals surface area (Å²) in [5.41, 5.74) is 0.945. The molecule has 2 heterocycles. The number of aliphatic carboxylic acids is 1. The van der Waals surface area contributed by atoms with Gasteiger partial charge in [-0.2, -0.15) is 0 Å². The summed E-state index contributed by atoms with van der Waals surface area (Å²) in [5.74, 6) is -0.138. The summed E-state index contributed by atoms with van der Waals surface area (Å²) >= 11 is 12.0. The van der Waals surface area contributed by atoms with E-state index in [1.54, 1.807) is 23.6 Å². The number of carbonyl (C=O) groups excluding carboxylic acids is 1. The van der Waals surface area contributed by atoms with Crippen LogP contribution in [0.2, 0.25) is 10.0 Å². The molecule has 3 atom stereocenters. The molecule has 136 valence electrons. The lowest BCUT2D eigenvalue weighted by Gasteiger charge is -2.33. The van der Waals surface area contributed by atoms with Crippen LogP contribution >= 0.6 is 23.2 Å². The van der Waals surface area contributed by atoms with Gasteiger partial charge in [-0.05, 0) is 37.0 Å². The molecule has 0 bridgehead atoms. The monoisotopic (exact) mass is 394 g/mol. The van der Waals surface area contributed by atoms with Crippen LogP contribution < -0.4 is 0 Å². The molecule has 26 heavy (non-hydrogen) atoms. The molecule has 1 fully saturated rings. The second-order valence-corrected chi connectivity index (χ2v) is 7.53. The number of benzene rings is 1. The van der Waals surface area contributed by atoms with E-state index >= 15 is 0 Å². The Bertz CT molecular complexity index is 913. The number of carbonyl (C=O) groups is 2. The summed E-state index contributed by atoms with van der Waals surface area (Å²) in [4.78, 5) is 26.1. The highest BCUT2D eigenvalue weighted by atomic mass is 35.5. The Morgan fingerprint density at radius 3 is 2.69 bits per heavy atom. The fraction of sp³-hybridized carbons (Fsp3) is 0.412. The first-order chi connectivity index (χ1) is 12.4. The van der Waals surface area contributed by atoms with Gasteiger partial charge in [-0.3, -0.25) is 4.79 Å². The van der Waals surface area contributed by atoms with Gasteiger partial charge in [0.05, 0.1) is 23.1 Å². The number of carboxylic acids is 1. The normalized spacial score (nSPS) is 24.3. The minimum absolute atomic E-state index is 0.0354. The first kappa shape index (κ1) is 17.3. The smallest absolute Gasteiger partial charge is 0.328 e. The molecule has 1 aliphatic carbocycles. The number of rotatable bonds is 3. The lowest BCUT2D eigenvalue weighted by Crippen LogP contribution is -2.51. The molecule has 0 spiro atoms. The zero-order valence-electron chi connectivity index (χ0n) is 13.9. The van der Waals surface area contributed by atoms with Crippen LogP contribution in [0.25, 0.3) is 0 Å². The van der Waals surface area contributed by atoms with Gasteiger partial charge in [-0.1, -0.05) is 29.3 Å². The highest BCUT2D eigenvalue weighted by Gasteiger charge is 2.49. The fourth-order valence-corrected chi connectivity index (χ4v) is 3.86. The molecule has 4 rings (SSSR count). The van der Waals surface area contributed by atoms with Crippen molar-refractivity contribution < 1.29 is 14.7 Å². The van der Waals surface area contributed by atoms with Crippen molar-refractivity contribution in [1.82, 2.24) is 19.7 Å². The average molecular weight is 395 g/mol. The molecule has 7 nitrogen and oxygen atoms in total. The third kappa shape index (κ3) is 2.85. The van der Waals surface area contributed by atoms with E-state index in [0.29, 0.717) is 28.1 Å². The second-order valence-electron chi connectivity index (χ2n) is 6.72. The lowest BCUT2D eigenvalue weighted by atomic mass is 10.1. The van der Waals surface area contributed by atoms with Crippen LogP contribution in [0, 0.1) is 12.8 Å². The molecule has 2 aromatic rings. The molecule has 1 N–H and O–H groups in total. The Labute approximate surface area is 159 Å². The summed E-state index contributed by atoms with van der Waals surface area (Å²) in [5, 5.41) is 18.5. The number of halogens is 2. The quantitative estimate of drug-likeness (QED) is 0.863. The average Bonchev–Trinajstić information content (AvgIpc) is 3.33. The number of nitrogens with zero attached hydrogens (tertiary/aromatic N) is 4. The molecular formula is C17H16Cl2N4O3. The van der Waals surface area contributed by atoms with Gasteiger partial charge in [-0.15, -0.1) is 10.2 Å². The molecule has 0 radical (unpaired) electrons. The summed E-state index contributed by atoms with van der Waals surface area (Å²) in [6.07, 6.45) is 0.672. The van der Waals surface area contributed by atoms with Gasteiger partial charge in [0.15, 0.2) is 5.82 Å². The molecule has 0 saturated heterocycles. The van der Waals surface area contributed by atoms with E-state index in [1.165, 1.54) is 4.90 Å². The second kappa shape index (κ2) is 6.25. The number of aromatic nitrogens is 3. The van der Waals surface area contributed by atoms with Gasteiger partial charge >= 0.3 is 5.97 Å². The number of amides is 1. The summed E-state index contributed by atoms with van der Waals surface area (Å²) in [6.45, 7) is 2.09. The highest BCUT2D eigenvalue weighted by Crippen LogP contribution is 2.50. The minimum Gasteiger partial charge on any atom is -0.480 e. The molecule has 1 saturated carbocycles. The molecule has 9 heteroatoms. The number of aryl methyl sites for hydroxylation is 1. The van der Waals surface area contributed by atoms with Crippen LogP contribution in [-0.2, 0) is 22.7 Å². The van der Waals surface area contributed by atoms with Gasteiger partial charge in [-0.25, -0.2) is 4.79 Å². The molecule has 1 amide bonds. The number of hydrogen-bond donors (Lipinski definition) is 1. The largest absolute Gasteiger partial charge is 0.480 e. The molecule has 2 aliphatic rings. The topological polar surface area (TPSA) is 88.3 Å². The van der Waals surface area contributed by atoms with Crippen molar-refractivity contribution in [1.29, 1.82) is 0 Å². The van der Waals surface area contributed by atoms with E-state index in [0.717, 1.165) is 5.56 Å². The maximum Gasteiger partial charge on any atom is 0.328 e. The molecule has 1 aliphatic heterocycles. The van der Waals surface area contributed by atoms with E-state index in [9.17, 15) is 14.7 Å². The van der Waals surface area contributed by atoms with Gasteiger partial charge < -0.3 is 14.6 Å². The molecule has 1 aromatic heterocycles. The van der Waals surface area contributed by atoms with E-state index in [-0.39, 0.29) is 30.8 Å². The van der Waals surface area contributed by atoms with Crippen molar-refractivity contribution in [2.75, 3.05) is 0 Å². The zero-order chi connectivity index (χ0) is 18.6. The maximum absolute atomic E-state index is 13.0. The third-order valence-corrected chi connectivity index (χ3v) is 5.84. The molecule has 1 aromatic carbocycles. The van der Waals surface area contributed by atoms with Crippen LogP contribution in [0.4, 0.5) is 0 Å². The van der Waals surface area contributed by atoms with Crippen molar-refractivity contribution >= 4 is 35.1 Å². The summed E-state index contributed by atoms with van der Waals surface area (Å²) < 4.78 is 1.76. The molecule has 3 unspecified atom stereocenters. The van der Waals surface area contributed by atoms with E-state index in [1.807, 2.05) is 6.07 Å². The summed E-state index contributed by atoms with van der Waals surface area (Å²) in [6, 6.07) is 4.43. The standard InChI is InChI=1S/C17H16Cl2N4O3/c1-8-20-21-15-7-23(14(17(25)26)6-22(8)15)16(24)11-5-10(11)9-2-3-12(18)13(19)4-9/h2-4,10-11,14H,5-7H2,1H3,(H,25,26). The SMILES string of the molecule is Cc1nnc2n1CC(C(=O)O)N(C(=O)C1CC1c1ccc(Cl)c(Cl)c1)C2. The van der Waals surface area contributed by atoms with Crippen molar-refractivity contribution in [2.45, 2.75) is 38.4 Å². The predicted octanol–water partition coefficient (Wildman–Crippen LogP) is 2.49. The number of fused-ring (bicyclic) bond motifs is 1. The van der Waals surface area contributed by atoms with Gasteiger partial charge in [0.1, 0.15) is 11.9 Å². The first-order valence-electron chi connectivity index (χ1n) is 8.23. The van der Waals surface area contributed by atoms with E-state index < -0.39 is 12.0 Å². The van der Waals surface area contributed by atoms with Gasteiger partial charge in [0.2, 0.25) is 5.91 Å². The van der Waals surface area contributed by atoms with Crippen molar-refractivity contribution in [3.05, 3.63) is 45.5 Å². The van der Waals surface area contributed by atoms with Crippen LogP contribution in [0.3, 0.4) is 0 Å². The Morgan fingerprint density at radius 1 is 1.23 bits per heavy atom. The third-order valence-electron chi connectivity index (χ3n) is 5.10. The molecular weight excluding hydrogens is 379 g/mol. The predicted molar refractivity (Wildman–Crippen MR) is 94.0 cm³/mol. The van der Waals surface area contributed by atoms with Gasteiger partial charge in [0.25, 0.3) is 0 Å². The van der Waals surface area contributed by atoms with Gasteiger partial charge in [0, 0.05) is 5.92 Å². The minimum atomic E-state index is -1.02. The zero-order valence-corrected chi connectivity index (χ0v) is 15.4. The fourth-order valence-electron chi connectivity index (χ4n) is 3.55. The van der Waals surface area contributed by atoms with Crippen LogP contribution in [0.1, 0.15) is 29.6 Å². The highest BCUT2D eigenvalue weighted by molar-refractivity contribution is 6.42. The Balaban J connectivity index is 1.56. The van der Waals surface area contributed by atoms with Crippen LogP contribution in [-0.4, -0.2) is 42.7 Å². The Morgan fingerprint density at radius 2 is 2.00 bits per heavy atom. The van der Waals surface area contributed by atoms with Crippen molar-refractivity contribution in [2.24, 2.45) is 5.92 Å². The Kier molecular flexibility index (Phi) is 4.16. The Hall–Kier alpha value is -2.12.